The summed E-state index contributed by atoms with van der Waals surface area (Å²) in [5.74, 6) is 0.983. The van der Waals surface area contributed by atoms with Gasteiger partial charge in [0.05, 0.1) is 12.7 Å². The highest BCUT2D eigenvalue weighted by Crippen LogP contribution is 2.30. The summed E-state index contributed by atoms with van der Waals surface area (Å²) in [6.07, 6.45) is 3.60. The summed E-state index contributed by atoms with van der Waals surface area (Å²) in [6, 6.07) is -0.144. The Morgan fingerprint density at radius 3 is 2.72 bits per heavy atom. The van der Waals surface area contributed by atoms with Gasteiger partial charge in [-0.1, -0.05) is 6.92 Å². The van der Waals surface area contributed by atoms with Crippen LogP contribution in [0.2, 0.25) is 0 Å². The van der Waals surface area contributed by atoms with Gasteiger partial charge in [-0.15, -0.1) is 12.4 Å². The van der Waals surface area contributed by atoms with Gasteiger partial charge in [0.15, 0.2) is 0 Å². The van der Waals surface area contributed by atoms with E-state index in [1.807, 2.05) is 11.8 Å². The summed E-state index contributed by atoms with van der Waals surface area (Å²) in [5.41, 5.74) is 0. The molecule has 1 saturated carbocycles. The number of ether oxygens (including phenoxy) is 1. The van der Waals surface area contributed by atoms with Crippen LogP contribution in [0.15, 0.2) is 0 Å². The third-order valence-corrected chi connectivity index (χ3v) is 3.56. The first-order chi connectivity index (χ1) is 8.22. The summed E-state index contributed by atoms with van der Waals surface area (Å²) >= 11 is 0. The van der Waals surface area contributed by atoms with Crippen molar-refractivity contribution in [1.29, 1.82) is 0 Å². The maximum atomic E-state index is 12.4. The largest absolute Gasteiger partial charge is 0.375 e. The van der Waals surface area contributed by atoms with E-state index < -0.39 is 0 Å². The molecule has 1 aliphatic carbocycles. The molecule has 0 unspecified atom stereocenters. The molecule has 2 aliphatic rings. The van der Waals surface area contributed by atoms with E-state index in [1.54, 1.807) is 0 Å². The van der Waals surface area contributed by atoms with Crippen LogP contribution < -0.4 is 5.32 Å². The fourth-order valence-corrected chi connectivity index (χ4v) is 2.38. The summed E-state index contributed by atoms with van der Waals surface area (Å²) in [4.78, 5) is 14.5. The Hall–Kier alpha value is -0.320. The number of carbonyl (C=O) groups excluding carboxylic acids is 1. The number of amides is 1. The van der Waals surface area contributed by atoms with Gasteiger partial charge in [-0.05, 0) is 32.1 Å². The Balaban J connectivity index is 0.00000162. The maximum Gasteiger partial charge on any atom is 0.242 e. The molecule has 1 N–H and O–H groups in total. The third kappa shape index (κ3) is 4.11. The molecule has 1 saturated heterocycles. The topological polar surface area (TPSA) is 41.6 Å². The highest BCUT2D eigenvalue weighted by molar-refractivity contribution is 5.85. The fourth-order valence-electron chi connectivity index (χ4n) is 2.38. The molecule has 0 aromatic rings. The van der Waals surface area contributed by atoms with E-state index in [1.165, 1.54) is 12.8 Å². The van der Waals surface area contributed by atoms with Gasteiger partial charge in [0.1, 0.15) is 6.04 Å². The lowest BCUT2D eigenvalue weighted by Crippen LogP contribution is -2.56. The SMILES string of the molecule is CCCN(CC1CC1)C(=O)[C@H]1NCCO[C@@H]1C.Cl. The molecule has 2 fully saturated rings. The minimum atomic E-state index is -0.144. The highest BCUT2D eigenvalue weighted by atomic mass is 35.5. The van der Waals surface area contributed by atoms with Gasteiger partial charge in [0, 0.05) is 19.6 Å². The average molecular weight is 277 g/mol. The van der Waals surface area contributed by atoms with Crippen LogP contribution in [-0.2, 0) is 9.53 Å². The van der Waals surface area contributed by atoms with Crippen molar-refractivity contribution in [2.24, 2.45) is 5.92 Å². The Bertz CT molecular complexity index is 272. The number of rotatable bonds is 5. The smallest absolute Gasteiger partial charge is 0.242 e. The average Bonchev–Trinajstić information content (AvgIpc) is 3.12. The number of hydrogen-bond acceptors (Lipinski definition) is 3. The van der Waals surface area contributed by atoms with E-state index in [4.69, 9.17) is 4.74 Å². The normalized spacial score (nSPS) is 27.4. The van der Waals surface area contributed by atoms with E-state index in [2.05, 4.69) is 12.2 Å². The lowest BCUT2D eigenvalue weighted by atomic mass is 10.1. The molecule has 0 bridgehead atoms. The van der Waals surface area contributed by atoms with E-state index in [0.29, 0.717) is 6.61 Å². The van der Waals surface area contributed by atoms with Crippen LogP contribution in [-0.4, -0.2) is 49.2 Å². The van der Waals surface area contributed by atoms with Gasteiger partial charge in [0.25, 0.3) is 0 Å². The molecule has 1 aliphatic heterocycles. The van der Waals surface area contributed by atoms with Crippen molar-refractivity contribution in [3.8, 4) is 0 Å². The summed E-state index contributed by atoms with van der Waals surface area (Å²) in [6.45, 7) is 7.42. The highest BCUT2D eigenvalue weighted by Gasteiger charge is 2.34. The van der Waals surface area contributed by atoms with Crippen LogP contribution in [0.25, 0.3) is 0 Å². The van der Waals surface area contributed by atoms with Crippen LogP contribution in [0, 0.1) is 5.92 Å². The molecule has 18 heavy (non-hydrogen) atoms. The lowest BCUT2D eigenvalue weighted by Gasteiger charge is -2.34. The van der Waals surface area contributed by atoms with Crippen molar-refractivity contribution in [2.45, 2.75) is 45.3 Å². The third-order valence-electron chi connectivity index (χ3n) is 3.56. The molecular weight excluding hydrogens is 252 g/mol. The minimum Gasteiger partial charge on any atom is -0.375 e. The van der Waals surface area contributed by atoms with Gasteiger partial charge in [-0.2, -0.15) is 0 Å². The molecule has 5 heteroatoms. The van der Waals surface area contributed by atoms with Crippen LogP contribution in [0.4, 0.5) is 0 Å². The molecule has 2 rings (SSSR count). The van der Waals surface area contributed by atoms with Crippen molar-refractivity contribution in [1.82, 2.24) is 10.2 Å². The Morgan fingerprint density at radius 1 is 1.44 bits per heavy atom. The van der Waals surface area contributed by atoms with E-state index >= 15 is 0 Å². The van der Waals surface area contributed by atoms with Crippen molar-refractivity contribution >= 4 is 18.3 Å². The molecular formula is C13H25ClN2O2. The van der Waals surface area contributed by atoms with Gasteiger partial charge in [-0.25, -0.2) is 0 Å². The molecule has 2 atom stereocenters. The number of hydrogen-bond donors (Lipinski definition) is 1. The maximum absolute atomic E-state index is 12.4. The second kappa shape index (κ2) is 7.31. The second-order valence-electron chi connectivity index (χ2n) is 5.24. The van der Waals surface area contributed by atoms with Gasteiger partial charge in [-0.3, -0.25) is 4.79 Å². The Morgan fingerprint density at radius 2 is 2.17 bits per heavy atom. The molecule has 0 radical (unpaired) electrons. The van der Waals surface area contributed by atoms with Gasteiger partial charge >= 0.3 is 0 Å². The Labute approximate surface area is 116 Å². The van der Waals surface area contributed by atoms with Crippen molar-refractivity contribution in [2.75, 3.05) is 26.2 Å². The summed E-state index contributed by atoms with van der Waals surface area (Å²) in [7, 11) is 0. The molecule has 4 nitrogen and oxygen atoms in total. The first-order valence-electron chi connectivity index (χ1n) is 6.86. The monoisotopic (exact) mass is 276 g/mol. The fraction of sp³-hybridized carbons (Fsp3) is 0.923. The number of nitrogens with one attached hydrogen (secondary N) is 1. The van der Waals surface area contributed by atoms with E-state index in [9.17, 15) is 4.79 Å². The Kier molecular flexibility index (Phi) is 6.39. The summed E-state index contributed by atoms with van der Waals surface area (Å²) in [5, 5.41) is 3.28. The lowest BCUT2D eigenvalue weighted by molar-refractivity contribution is -0.139. The van der Waals surface area contributed by atoms with Crippen molar-refractivity contribution in [3.05, 3.63) is 0 Å². The molecule has 0 aromatic heterocycles. The number of halogens is 1. The predicted molar refractivity (Wildman–Crippen MR) is 74.0 cm³/mol. The van der Waals surface area contributed by atoms with Crippen LogP contribution >= 0.6 is 12.4 Å². The quantitative estimate of drug-likeness (QED) is 0.826. The number of nitrogens with zero attached hydrogens (tertiary/aromatic N) is 1. The van der Waals surface area contributed by atoms with Gasteiger partial charge in [0.2, 0.25) is 5.91 Å². The second-order valence-corrected chi connectivity index (χ2v) is 5.24. The number of carbonyl (C=O) groups is 1. The number of morpholine rings is 1. The molecule has 0 aromatic carbocycles. The zero-order valence-electron chi connectivity index (χ0n) is 11.4. The molecule has 106 valence electrons. The molecule has 0 spiro atoms. The van der Waals surface area contributed by atoms with Crippen LogP contribution in [0.3, 0.4) is 0 Å². The van der Waals surface area contributed by atoms with Crippen LogP contribution in [0.5, 0.6) is 0 Å². The first kappa shape index (κ1) is 15.7. The summed E-state index contributed by atoms with van der Waals surface area (Å²) < 4.78 is 5.55. The zero-order chi connectivity index (χ0) is 12.3. The van der Waals surface area contributed by atoms with Crippen molar-refractivity contribution < 1.29 is 9.53 Å². The van der Waals surface area contributed by atoms with E-state index in [-0.39, 0.29) is 30.5 Å². The molecule has 1 amide bonds. The van der Waals surface area contributed by atoms with E-state index in [0.717, 1.165) is 32.0 Å². The van der Waals surface area contributed by atoms with Crippen LogP contribution in [0.1, 0.15) is 33.1 Å². The zero-order valence-corrected chi connectivity index (χ0v) is 12.2. The predicted octanol–water partition coefficient (Wildman–Crippen LogP) is 1.43. The standard InChI is InChI=1S/C13H24N2O2.ClH/c1-3-7-15(9-11-4-5-11)13(16)12-10(2)17-8-6-14-12;/h10-12,14H,3-9H2,1-2H3;1H/t10-,12+;/m1./s1. The minimum absolute atomic E-state index is 0. The van der Waals surface area contributed by atoms with Crippen molar-refractivity contribution in [3.63, 3.8) is 0 Å². The first-order valence-corrected chi connectivity index (χ1v) is 6.86. The molecule has 1 heterocycles. The van der Waals surface area contributed by atoms with Gasteiger partial charge < -0.3 is 15.0 Å².